The number of nitro benzene ring substituents is 1. The van der Waals surface area contributed by atoms with E-state index in [4.69, 9.17) is 5.73 Å². The number of nitrogens with two attached hydrogens (primary N) is 1. The molecule has 0 saturated heterocycles. The third-order valence-electron chi connectivity index (χ3n) is 2.66. The van der Waals surface area contributed by atoms with Crippen molar-refractivity contribution in [2.45, 2.75) is 25.2 Å². The average Bonchev–Trinajstić information content (AvgIpc) is 2.34. The molecule has 19 heavy (non-hydrogen) atoms. The average molecular weight is 287 g/mol. The summed E-state index contributed by atoms with van der Waals surface area (Å²) in [6.07, 6.45) is 0.628. The van der Waals surface area contributed by atoms with Gasteiger partial charge < -0.3 is 5.73 Å². The Morgan fingerprint density at radius 1 is 1.37 bits per heavy atom. The van der Waals surface area contributed by atoms with Gasteiger partial charge in [-0.1, -0.05) is 19.9 Å². The number of hydrogen-bond donors (Lipinski definition) is 1. The van der Waals surface area contributed by atoms with Gasteiger partial charge in [-0.05, 0) is 18.6 Å². The van der Waals surface area contributed by atoms with E-state index in [-0.39, 0.29) is 17.1 Å². The van der Waals surface area contributed by atoms with Crippen LogP contribution >= 0.6 is 0 Å². The molecule has 7 nitrogen and oxygen atoms in total. The third kappa shape index (κ3) is 3.02. The first-order valence-corrected chi connectivity index (χ1v) is 7.33. The van der Waals surface area contributed by atoms with Gasteiger partial charge in [-0.15, -0.1) is 0 Å². The summed E-state index contributed by atoms with van der Waals surface area (Å²) in [4.78, 5) is 9.88. The van der Waals surface area contributed by atoms with Crippen LogP contribution in [-0.2, 0) is 10.0 Å². The van der Waals surface area contributed by atoms with Gasteiger partial charge in [0.15, 0.2) is 4.90 Å². The molecule has 1 aromatic rings. The van der Waals surface area contributed by atoms with E-state index >= 15 is 0 Å². The third-order valence-corrected chi connectivity index (χ3v) is 4.66. The maximum absolute atomic E-state index is 12.4. The summed E-state index contributed by atoms with van der Waals surface area (Å²) in [6, 6.07) is 3.92. The Hall–Kier alpha value is -1.67. The zero-order chi connectivity index (χ0) is 14.6. The molecule has 2 N–H and O–H groups in total. The molecule has 0 aromatic heterocycles. The van der Waals surface area contributed by atoms with Crippen LogP contribution in [-0.4, -0.2) is 30.7 Å². The molecule has 0 spiro atoms. The highest BCUT2D eigenvalue weighted by Gasteiger charge is 2.31. The maximum Gasteiger partial charge on any atom is 0.312 e. The van der Waals surface area contributed by atoms with Crippen LogP contribution in [0.25, 0.3) is 0 Å². The first kappa shape index (κ1) is 15.4. The van der Waals surface area contributed by atoms with Crippen LogP contribution in [0, 0.1) is 10.1 Å². The van der Waals surface area contributed by atoms with Crippen molar-refractivity contribution >= 4 is 21.4 Å². The first-order valence-electron chi connectivity index (χ1n) is 5.89. The number of benzene rings is 1. The number of hydrogen-bond acceptors (Lipinski definition) is 5. The lowest BCUT2D eigenvalue weighted by Crippen LogP contribution is -2.32. The lowest BCUT2D eigenvalue weighted by molar-refractivity contribution is -0.386. The summed E-state index contributed by atoms with van der Waals surface area (Å²) in [7, 11) is -3.90. The number of anilines is 1. The van der Waals surface area contributed by atoms with E-state index in [9.17, 15) is 18.5 Å². The maximum atomic E-state index is 12.4. The van der Waals surface area contributed by atoms with E-state index in [1.807, 2.05) is 6.92 Å². The Morgan fingerprint density at radius 3 is 2.47 bits per heavy atom. The number of nitrogen functional groups attached to an aromatic ring is 1. The van der Waals surface area contributed by atoms with Gasteiger partial charge in [-0.2, -0.15) is 4.31 Å². The van der Waals surface area contributed by atoms with Gasteiger partial charge in [0, 0.05) is 13.1 Å². The molecule has 1 aromatic carbocycles. The van der Waals surface area contributed by atoms with Crippen LogP contribution in [0.5, 0.6) is 0 Å². The Labute approximate surface area is 112 Å². The molecule has 0 aliphatic rings. The second kappa shape index (κ2) is 5.98. The fraction of sp³-hybridized carbons (Fsp3) is 0.455. The lowest BCUT2D eigenvalue weighted by atomic mass is 10.3. The van der Waals surface area contributed by atoms with Crippen molar-refractivity contribution in [1.29, 1.82) is 0 Å². The molecule has 0 heterocycles. The van der Waals surface area contributed by atoms with Crippen molar-refractivity contribution in [2.75, 3.05) is 18.8 Å². The van der Waals surface area contributed by atoms with E-state index in [0.29, 0.717) is 13.0 Å². The molecule has 0 atom stereocenters. The van der Waals surface area contributed by atoms with Crippen molar-refractivity contribution in [1.82, 2.24) is 4.31 Å². The summed E-state index contributed by atoms with van der Waals surface area (Å²) in [5, 5.41) is 11.0. The first-order chi connectivity index (χ1) is 8.86. The zero-order valence-corrected chi connectivity index (χ0v) is 11.7. The topological polar surface area (TPSA) is 107 Å². The number of nitrogens with zero attached hydrogens (tertiary/aromatic N) is 2. The Morgan fingerprint density at radius 2 is 2.00 bits per heavy atom. The number of nitro groups is 1. The lowest BCUT2D eigenvalue weighted by Gasteiger charge is -2.19. The predicted octanol–water partition coefficient (Wildman–Crippen LogP) is 1.60. The molecule has 106 valence electrons. The Bertz CT molecular complexity index is 571. The fourth-order valence-corrected chi connectivity index (χ4v) is 3.51. The van der Waals surface area contributed by atoms with Crippen molar-refractivity contribution in [2.24, 2.45) is 0 Å². The van der Waals surface area contributed by atoms with Crippen LogP contribution in [0.2, 0.25) is 0 Å². The van der Waals surface area contributed by atoms with Crippen molar-refractivity contribution in [3.8, 4) is 0 Å². The molecular formula is C11H17N3O4S. The van der Waals surface area contributed by atoms with Gasteiger partial charge in [0.1, 0.15) is 5.69 Å². The van der Waals surface area contributed by atoms with Crippen LogP contribution in [0.4, 0.5) is 11.4 Å². The largest absolute Gasteiger partial charge is 0.393 e. The highest BCUT2D eigenvalue weighted by Crippen LogP contribution is 2.31. The molecule has 0 aliphatic heterocycles. The number of rotatable bonds is 6. The van der Waals surface area contributed by atoms with Crippen molar-refractivity contribution < 1.29 is 13.3 Å². The van der Waals surface area contributed by atoms with E-state index < -0.39 is 20.6 Å². The van der Waals surface area contributed by atoms with Gasteiger partial charge in [0.25, 0.3) is 0 Å². The highest BCUT2D eigenvalue weighted by molar-refractivity contribution is 7.89. The second-order valence-corrected chi connectivity index (χ2v) is 5.85. The molecule has 0 amide bonds. The minimum atomic E-state index is -3.90. The van der Waals surface area contributed by atoms with Gasteiger partial charge >= 0.3 is 5.69 Å². The van der Waals surface area contributed by atoms with Crippen LogP contribution in [0.1, 0.15) is 20.3 Å². The molecule has 1 rings (SSSR count). The van der Waals surface area contributed by atoms with Gasteiger partial charge in [-0.25, -0.2) is 8.42 Å². The van der Waals surface area contributed by atoms with Crippen molar-refractivity contribution in [3.63, 3.8) is 0 Å². The summed E-state index contributed by atoms with van der Waals surface area (Å²) >= 11 is 0. The van der Waals surface area contributed by atoms with E-state index in [2.05, 4.69) is 0 Å². The highest BCUT2D eigenvalue weighted by atomic mass is 32.2. The quantitative estimate of drug-likeness (QED) is 0.486. The van der Waals surface area contributed by atoms with Crippen molar-refractivity contribution in [3.05, 3.63) is 28.3 Å². The molecule has 0 saturated carbocycles. The number of sulfonamides is 1. The summed E-state index contributed by atoms with van der Waals surface area (Å²) < 4.78 is 26.0. The molecule has 0 radical (unpaired) electrons. The summed E-state index contributed by atoms with van der Waals surface area (Å²) in [6.45, 7) is 4.09. The predicted molar refractivity (Wildman–Crippen MR) is 72.2 cm³/mol. The molecule has 8 heteroatoms. The monoisotopic (exact) mass is 287 g/mol. The standard InChI is InChI=1S/C11H17N3O4S/c1-3-8-13(4-2)19(17,18)10-7-5-6-9(12)11(10)14(15)16/h5-7H,3-4,8,12H2,1-2H3. The van der Waals surface area contributed by atoms with Gasteiger partial charge in [0.05, 0.1) is 4.92 Å². The molecular weight excluding hydrogens is 270 g/mol. The SMILES string of the molecule is CCCN(CC)S(=O)(=O)c1cccc(N)c1[N+](=O)[O-]. The van der Waals surface area contributed by atoms with E-state index in [1.165, 1.54) is 22.5 Å². The smallest absolute Gasteiger partial charge is 0.312 e. The molecule has 0 unspecified atom stereocenters. The van der Waals surface area contributed by atoms with Crippen LogP contribution < -0.4 is 5.73 Å². The Balaban J connectivity index is 3.44. The second-order valence-electron chi connectivity index (χ2n) is 3.95. The normalized spacial score (nSPS) is 11.7. The zero-order valence-electron chi connectivity index (χ0n) is 10.9. The van der Waals surface area contributed by atoms with Gasteiger partial charge in [0.2, 0.25) is 10.0 Å². The summed E-state index contributed by atoms with van der Waals surface area (Å²) in [5.41, 5.74) is 4.80. The molecule has 0 bridgehead atoms. The minimum Gasteiger partial charge on any atom is -0.393 e. The molecule has 0 fully saturated rings. The van der Waals surface area contributed by atoms with E-state index in [1.54, 1.807) is 6.92 Å². The Kier molecular flexibility index (Phi) is 4.84. The number of para-hydroxylation sites is 1. The fourth-order valence-electron chi connectivity index (χ4n) is 1.78. The van der Waals surface area contributed by atoms with E-state index in [0.717, 1.165) is 0 Å². The van der Waals surface area contributed by atoms with Crippen LogP contribution in [0.3, 0.4) is 0 Å². The van der Waals surface area contributed by atoms with Crippen LogP contribution in [0.15, 0.2) is 23.1 Å². The summed E-state index contributed by atoms with van der Waals surface area (Å²) in [5.74, 6) is 0. The van der Waals surface area contributed by atoms with Gasteiger partial charge in [-0.3, -0.25) is 10.1 Å². The molecule has 0 aliphatic carbocycles. The minimum absolute atomic E-state index is 0.154.